The quantitative estimate of drug-likeness (QED) is 0.722. The van der Waals surface area contributed by atoms with Crippen LogP contribution in [0.3, 0.4) is 0 Å². The van der Waals surface area contributed by atoms with E-state index in [4.69, 9.17) is 26.1 Å². The third kappa shape index (κ3) is 6.87. The number of carbonyl (C=O) groups excluding carboxylic acids is 1. The van der Waals surface area contributed by atoms with Crippen LogP contribution in [0, 0.1) is 0 Å². The van der Waals surface area contributed by atoms with E-state index in [1.165, 1.54) is 0 Å². The SMILES string of the molecule is CC(=O)O.CC(C)(C)OC(=O)C(N)(CN)c1ccccc1. The fourth-order valence-electron chi connectivity index (χ4n) is 1.42. The van der Waals surface area contributed by atoms with Gasteiger partial charge in [-0.3, -0.25) is 4.79 Å². The molecular weight excluding hydrogens is 272 g/mol. The second kappa shape index (κ2) is 7.75. The molecule has 0 bridgehead atoms. The number of esters is 1. The highest BCUT2D eigenvalue weighted by Gasteiger charge is 2.38. The number of carboxylic acid groups (broad SMARTS) is 1. The van der Waals surface area contributed by atoms with Gasteiger partial charge < -0.3 is 21.3 Å². The molecule has 1 aromatic rings. The molecule has 0 saturated carbocycles. The summed E-state index contributed by atoms with van der Waals surface area (Å²) in [7, 11) is 0. The van der Waals surface area contributed by atoms with Gasteiger partial charge in [0.25, 0.3) is 5.97 Å². The van der Waals surface area contributed by atoms with Crippen molar-refractivity contribution in [1.82, 2.24) is 0 Å². The van der Waals surface area contributed by atoms with Crippen LogP contribution in [0.25, 0.3) is 0 Å². The lowest BCUT2D eigenvalue weighted by Gasteiger charge is -2.30. The molecule has 6 heteroatoms. The van der Waals surface area contributed by atoms with Crippen molar-refractivity contribution in [3.8, 4) is 0 Å². The zero-order chi connectivity index (χ0) is 16.7. The van der Waals surface area contributed by atoms with Crippen molar-refractivity contribution >= 4 is 11.9 Å². The number of carboxylic acids is 1. The molecule has 1 unspecified atom stereocenters. The van der Waals surface area contributed by atoms with E-state index in [0.717, 1.165) is 6.92 Å². The lowest BCUT2D eigenvalue weighted by Crippen LogP contribution is -2.53. The Morgan fingerprint density at radius 1 is 1.19 bits per heavy atom. The molecule has 0 aliphatic carbocycles. The van der Waals surface area contributed by atoms with E-state index >= 15 is 0 Å². The minimum Gasteiger partial charge on any atom is -0.481 e. The fraction of sp³-hybridized carbons (Fsp3) is 0.467. The summed E-state index contributed by atoms with van der Waals surface area (Å²) < 4.78 is 5.30. The highest BCUT2D eigenvalue weighted by Crippen LogP contribution is 2.21. The van der Waals surface area contributed by atoms with Crippen molar-refractivity contribution in [2.24, 2.45) is 11.5 Å². The van der Waals surface area contributed by atoms with Crippen molar-refractivity contribution in [3.63, 3.8) is 0 Å². The maximum absolute atomic E-state index is 12.1. The first-order chi connectivity index (χ1) is 9.53. The molecular formula is C15H24N2O4. The topological polar surface area (TPSA) is 116 Å². The Hall–Kier alpha value is -1.92. The molecule has 0 amide bonds. The average Bonchev–Trinajstić information content (AvgIpc) is 2.36. The summed E-state index contributed by atoms with van der Waals surface area (Å²) in [6, 6.07) is 9.04. The standard InChI is InChI=1S/C13H20N2O2.C2H4O2/c1-12(2,3)17-11(16)13(15,9-14)10-7-5-4-6-8-10;1-2(3)4/h4-8H,9,14-15H2,1-3H3;1H3,(H,3,4). The normalized spacial score (nSPS) is 13.4. The number of hydrogen-bond donors (Lipinski definition) is 3. The van der Waals surface area contributed by atoms with Gasteiger partial charge >= 0.3 is 5.97 Å². The molecule has 1 aromatic carbocycles. The van der Waals surface area contributed by atoms with Gasteiger partial charge in [-0.2, -0.15) is 0 Å². The molecule has 0 aromatic heterocycles. The monoisotopic (exact) mass is 296 g/mol. The van der Waals surface area contributed by atoms with E-state index in [2.05, 4.69) is 0 Å². The molecule has 6 nitrogen and oxygen atoms in total. The minimum absolute atomic E-state index is 0.00588. The van der Waals surface area contributed by atoms with Crippen LogP contribution in [0.2, 0.25) is 0 Å². The lowest BCUT2D eigenvalue weighted by molar-refractivity contribution is -0.161. The van der Waals surface area contributed by atoms with Crippen molar-refractivity contribution in [2.75, 3.05) is 6.54 Å². The van der Waals surface area contributed by atoms with Crippen LogP contribution < -0.4 is 11.5 Å². The third-order valence-electron chi connectivity index (χ3n) is 2.37. The summed E-state index contributed by atoms with van der Waals surface area (Å²) >= 11 is 0. The van der Waals surface area contributed by atoms with Gasteiger partial charge in [0.1, 0.15) is 5.60 Å². The van der Waals surface area contributed by atoms with Gasteiger partial charge in [0.05, 0.1) is 0 Å². The Kier molecular flexibility index (Phi) is 7.05. The third-order valence-corrected chi connectivity index (χ3v) is 2.37. The first-order valence-corrected chi connectivity index (χ1v) is 6.50. The van der Waals surface area contributed by atoms with Gasteiger partial charge in [-0.15, -0.1) is 0 Å². The van der Waals surface area contributed by atoms with Crippen molar-refractivity contribution < 1.29 is 19.4 Å². The van der Waals surface area contributed by atoms with Crippen LogP contribution in [0.4, 0.5) is 0 Å². The van der Waals surface area contributed by atoms with Gasteiger partial charge in [-0.25, -0.2) is 4.79 Å². The fourth-order valence-corrected chi connectivity index (χ4v) is 1.42. The molecule has 0 radical (unpaired) electrons. The number of nitrogens with two attached hydrogens (primary N) is 2. The molecule has 5 N–H and O–H groups in total. The first-order valence-electron chi connectivity index (χ1n) is 6.50. The average molecular weight is 296 g/mol. The van der Waals surface area contributed by atoms with E-state index in [1.54, 1.807) is 32.9 Å². The number of aliphatic carboxylic acids is 1. The van der Waals surface area contributed by atoms with Crippen LogP contribution in [0.15, 0.2) is 30.3 Å². The maximum Gasteiger partial charge on any atom is 0.332 e. The largest absolute Gasteiger partial charge is 0.481 e. The van der Waals surface area contributed by atoms with Crippen molar-refractivity contribution in [3.05, 3.63) is 35.9 Å². The molecule has 0 aliphatic rings. The zero-order valence-corrected chi connectivity index (χ0v) is 12.9. The summed E-state index contributed by atoms with van der Waals surface area (Å²) in [4.78, 5) is 21.1. The zero-order valence-electron chi connectivity index (χ0n) is 12.9. The molecule has 0 spiro atoms. The van der Waals surface area contributed by atoms with Crippen LogP contribution >= 0.6 is 0 Å². The number of hydrogen-bond acceptors (Lipinski definition) is 5. The number of benzene rings is 1. The van der Waals surface area contributed by atoms with Gasteiger partial charge in [-0.05, 0) is 26.3 Å². The molecule has 0 fully saturated rings. The van der Waals surface area contributed by atoms with Crippen LogP contribution in [0.1, 0.15) is 33.3 Å². The number of carbonyl (C=O) groups is 2. The summed E-state index contributed by atoms with van der Waals surface area (Å²) in [5, 5.41) is 7.42. The molecule has 0 saturated heterocycles. The Balaban J connectivity index is 0.000000885. The van der Waals surface area contributed by atoms with Gasteiger partial charge in [0, 0.05) is 13.5 Å². The molecule has 118 valence electrons. The van der Waals surface area contributed by atoms with E-state index in [1.807, 2.05) is 18.2 Å². The summed E-state index contributed by atoms with van der Waals surface area (Å²) in [6.45, 7) is 6.48. The van der Waals surface area contributed by atoms with Gasteiger partial charge in [0.15, 0.2) is 5.54 Å². The Labute approximate surface area is 125 Å². The van der Waals surface area contributed by atoms with E-state index in [-0.39, 0.29) is 6.54 Å². The van der Waals surface area contributed by atoms with Crippen LogP contribution in [-0.4, -0.2) is 29.2 Å². The molecule has 21 heavy (non-hydrogen) atoms. The predicted molar refractivity (Wildman–Crippen MR) is 80.5 cm³/mol. The summed E-state index contributed by atoms with van der Waals surface area (Å²) in [5.74, 6) is -1.33. The Morgan fingerprint density at radius 2 is 1.62 bits per heavy atom. The van der Waals surface area contributed by atoms with E-state index < -0.39 is 23.1 Å². The number of ether oxygens (including phenoxy) is 1. The Bertz CT molecular complexity index is 464. The van der Waals surface area contributed by atoms with Crippen LogP contribution in [0.5, 0.6) is 0 Å². The highest BCUT2D eigenvalue weighted by molar-refractivity contribution is 5.83. The highest BCUT2D eigenvalue weighted by atomic mass is 16.6. The summed E-state index contributed by atoms with van der Waals surface area (Å²) in [6.07, 6.45) is 0. The van der Waals surface area contributed by atoms with Gasteiger partial charge in [0.2, 0.25) is 0 Å². The summed E-state index contributed by atoms with van der Waals surface area (Å²) in [5.41, 5.74) is 10.5. The Morgan fingerprint density at radius 3 is 1.95 bits per heavy atom. The maximum atomic E-state index is 12.1. The number of rotatable bonds is 3. The smallest absolute Gasteiger partial charge is 0.332 e. The first kappa shape index (κ1) is 19.1. The van der Waals surface area contributed by atoms with Crippen molar-refractivity contribution in [1.29, 1.82) is 0 Å². The van der Waals surface area contributed by atoms with Gasteiger partial charge in [-0.1, -0.05) is 30.3 Å². The molecule has 1 atom stereocenters. The predicted octanol–water partition coefficient (Wildman–Crippen LogP) is 1.23. The van der Waals surface area contributed by atoms with E-state index in [9.17, 15) is 4.79 Å². The lowest BCUT2D eigenvalue weighted by atomic mass is 9.91. The molecule has 1 rings (SSSR count). The molecule has 0 heterocycles. The van der Waals surface area contributed by atoms with Crippen LogP contribution in [-0.2, 0) is 19.9 Å². The minimum atomic E-state index is -1.28. The van der Waals surface area contributed by atoms with Crippen molar-refractivity contribution in [2.45, 2.75) is 38.8 Å². The molecule has 0 aliphatic heterocycles. The second-order valence-corrected chi connectivity index (χ2v) is 5.56. The van der Waals surface area contributed by atoms with E-state index in [0.29, 0.717) is 5.56 Å². The second-order valence-electron chi connectivity index (χ2n) is 5.56.